The van der Waals surface area contributed by atoms with E-state index in [4.69, 9.17) is 16.3 Å². The van der Waals surface area contributed by atoms with Crippen molar-refractivity contribution >= 4 is 27.5 Å². The van der Waals surface area contributed by atoms with Crippen molar-refractivity contribution in [3.05, 3.63) is 51.2 Å². The van der Waals surface area contributed by atoms with E-state index in [2.05, 4.69) is 21.0 Å². The van der Waals surface area contributed by atoms with Gasteiger partial charge in [-0.05, 0) is 13.0 Å². The van der Waals surface area contributed by atoms with Crippen LogP contribution in [0, 0.1) is 0 Å². The zero-order valence-electron chi connectivity index (χ0n) is 11.3. The lowest BCUT2D eigenvalue weighted by Gasteiger charge is -2.26. The predicted octanol–water partition coefficient (Wildman–Crippen LogP) is 3.20. The van der Waals surface area contributed by atoms with Crippen LogP contribution in [0.25, 0.3) is 0 Å². The molecule has 4 nitrogen and oxygen atoms in total. The van der Waals surface area contributed by atoms with Gasteiger partial charge in [-0.2, -0.15) is 5.10 Å². The van der Waals surface area contributed by atoms with Gasteiger partial charge in [0, 0.05) is 17.1 Å². The van der Waals surface area contributed by atoms with Gasteiger partial charge in [0.15, 0.2) is 0 Å². The second-order valence-electron chi connectivity index (χ2n) is 4.61. The molecule has 0 aliphatic heterocycles. The van der Waals surface area contributed by atoms with Crippen LogP contribution in [0.5, 0.6) is 0 Å². The Labute approximate surface area is 131 Å². The zero-order valence-corrected chi connectivity index (χ0v) is 13.6. The first-order chi connectivity index (χ1) is 9.48. The van der Waals surface area contributed by atoms with Gasteiger partial charge in [-0.15, -0.1) is 0 Å². The summed E-state index contributed by atoms with van der Waals surface area (Å²) in [7, 11) is 1.62. The van der Waals surface area contributed by atoms with Crippen molar-refractivity contribution in [3.8, 4) is 0 Å². The van der Waals surface area contributed by atoms with Crippen molar-refractivity contribution in [1.29, 1.82) is 0 Å². The number of aromatic nitrogens is 2. The molecule has 1 aromatic heterocycles. The Hall–Kier alpha value is -0.880. The number of hydrogen-bond acceptors (Lipinski definition) is 3. The van der Waals surface area contributed by atoms with E-state index < -0.39 is 5.60 Å². The minimum atomic E-state index is -1.25. The molecule has 0 fully saturated rings. The normalized spacial score (nSPS) is 14.2. The summed E-state index contributed by atoms with van der Waals surface area (Å²) in [5.74, 6) is 0. The molecule has 1 atom stereocenters. The highest BCUT2D eigenvalue weighted by atomic mass is 79.9. The Balaban J connectivity index is 2.49. The van der Waals surface area contributed by atoms with Crippen molar-refractivity contribution < 1.29 is 9.84 Å². The topological polar surface area (TPSA) is 47.3 Å². The summed E-state index contributed by atoms with van der Waals surface area (Å²) in [6.45, 7) is 2.73. The van der Waals surface area contributed by atoms with Crippen LogP contribution in [-0.4, -0.2) is 28.6 Å². The fraction of sp³-hybridized carbons (Fsp3) is 0.357. The Morgan fingerprint density at radius 2 is 2.15 bits per heavy atom. The van der Waals surface area contributed by atoms with Gasteiger partial charge >= 0.3 is 0 Å². The number of halogens is 2. The van der Waals surface area contributed by atoms with E-state index >= 15 is 0 Å². The Morgan fingerprint density at radius 1 is 1.45 bits per heavy atom. The molecule has 108 valence electrons. The summed E-state index contributed by atoms with van der Waals surface area (Å²) >= 11 is 9.67. The van der Waals surface area contributed by atoms with Crippen LogP contribution >= 0.6 is 27.5 Å². The molecule has 0 amide bonds. The highest BCUT2D eigenvalue weighted by molar-refractivity contribution is 9.10. The lowest BCUT2D eigenvalue weighted by atomic mass is 9.92. The molecule has 1 N–H and O–H groups in total. The van der Waals surface area contributed by atoms with Crippen LogP contribution < -0.4 is 0 Å². The molecular weight excluding hydrogens is 344 g/mol. The van der Waals surface area contributed by atoms with Gasteiger partial charge in [-0.1, -0.05) is 45.7 Å². The van der Waals surface area contributed by atoms with Crippen molar-refractivity contribution in [2.75, 3.05) is 13.7 Å². The average molecular weight is 360 g/mol. The summed E-state index contributed by atoms with van der Waals surface area (Å²) in [6.07, 6.45) is 1.54. The molecule has 0 bridgehead atoms. The molecule has 0 aliphatic carbocycles. The van der Waals surface area contributed by atoms with Crippen molar-refractivity contribution in [2.45, 2.75) is 19.1 Å². The first kappa shape index (κ1) is 15.5. The van der Waals surface area contributed by atoms with E-state index in [1.165, 1.54) is 6.20 Å². The van der Waals surface area contributed by atoms with Crippen LogP contribution in [0.4, 0.5) is 0 Å². The second kappa shape index (κ2) is 6.26. The monoisotopic (exact) mass is 358 g/mol. The second-order valence-corrected chi connectivity index (χ2v) is 5.87. The van der Waals surface area contributed by atoms with Gasteiger partial charge < -0.3 is 9.84 Å². The van der Waals surface area contributed by atoms with Crippen molar-refractivity contribution in [1.82, 2.24) is 9.78 Å². The highest BCUT2D eigenvalue weighted by Crippen LogP contribution is 2.37. The summed E-state index contributed by atoms with van der Waals surface area (Å²) in [5, 5.41) is 15.6. The zero-order chi connectivity index (χ0) is 14.8. The lowest BCUT2D eigenvalue weighted by molar-refractivity contribution is 0.0877. The fourth-order valence-electron chi connectivity index (χ4n) is 2.18. The quantitative estimate of drug-likeness (QED) is 0.892. The largest absolute Gasteiger partial charge is 0.383 e. The molecule has 6 heteroatoms. The maximum Gasteiger partial charge on any atom is 0.131 e. The third-order valence-electron chi connectivity index (χ3n) is 3.16. The van der Waals surface area contributed by atoms with Crippen LogP contribution in [0.15, 0.2) is 34.9 Å². The van der Waals surface area contributed by atoms with E-state index in [9.17, 15) is 5.11 Å². The third-order valence-corrected chi connectivity index (χ3v) is 4.13. The molecule has 0 saturated carbocycles. The van der Waals surface area contributed by atoms with Crippen LogP contribution in [0.1, 0.15) is 18.2 Å². The van der Waals surface area contributed by atoms with Crippen LogP contribution in [0.2, 0.25) is 5.02 Å². The summed E-state index contributed by atoms with van der Waals surface area (Å²) < 4.78 is 7.55. The Bertz CT molecular complexity index is 599. The smallest absolute Gasteiger partial charge is 0.131 e. The van der Waals surface area contributed by atoms with Gasteiger partial charge in [-0.25, -0.2) is 0 Å². The van der Waals surface area contributed by atoms with Gasteiger partial charge in [0.25, 0.3) is 0 Å². The minimum Gasteiger partial charge on any atom is -0.383 e. The maximum absolute atomic E-state index is 11.0. The molecule has 1 aromatic carbocycles. The van der Waals surface area contributed by atoms with Gasteiger partial charge in [0.2, 0.25) is 0 Å². The first-order valence-electron chi connectivity index (χ1n) is 6.16. The molecule has 2 aromatic rings. The standard InChI is InChI=1S/C14H16BrClN2O2/c1-14(19,10-5-3-4-6-11(10)15)13-12(16)9-17-18(13)7-8-20-2/h3-6,9,19H,7-8H2,1-2H3. The molecular formula is C14H16BrClN2O2. The number of rotatable bonds is 5. The Kier molecular flexibility index (Phi) is 4.86. The molecule has 1 unspecified atom stereocenters. The van der Waals surface area contributed by atoms with Crippen molar-refractivity contribution in [3.63, 3.8) is 0 Å². The van der Waals surface area contributed by atoms with Gasteiger partial charge in [0.1, 0.15) is 5.60 Å². The summed E-state index contributed by atoms with van der Waals surface area (Å²) in [4.78, 5) is 0. The van der Waals surface area contributed by atoms with E-state index in [1.54, 1.807) is 18.7 Å². The fourth-order valence-corrected chi connectivity index (χ4v) is 3.17. The molecule has 0 spiro atoms. The number of hydrogen-bond donors (Lipinski definition) is 1. The number of methoxy groups -OCH3 is 1. The molecule has 20 heavy (non-hydrogen) atoms. The Morgan fingerprint density at radius 3 is 2.80 bits per heavy atom. The average Bonchev–Trinajstić information content (AvgIpc) is 2.78. The van der Waals surface area contributed by atoms with Gasteiger partial charge in [0.05, 0.1) is 30.1 Å². The lowest BCUT2D eigenvalue weighted by Crippen LogP contribution is -2.28. The van der Waals surface area contributed by atoms with E-state index in [0.717, 1.165) is 10.0 Å². The molecule has 0 radical (unpaired) electrons. The summed E-state index contributed by atoms with van der Waals surface area (Å²) in [6, 6.07) is 7.51. The molecule has 0 aliphatic rings. The van der Waals surface area contributed by atoms with Crippen LogP contribution in [-0.2, 0) is 16.9 Å². The van der Waals surface area contributed by atoms with E-state index in [0.29, 0.717) is 23.9 Å². The number of aliphatic hydroxyl groups is 1. The highest BCUT2D eigenvalue weighted by Gasteiger charge is 2.33. The SMILES string of the molecule is COCCn1ncc(Cl)c1C(C)(O)c1ccccc1Br. The number of nitrogens with zero attached hydrogens (tertiary/aromatic N) is 2. The van der Waals surface area contributed by atoms with E-state index in [1.807, 2.05) is 24.3 Å². The molecule has 1 heterocycles. The van der Waals surface area contributed by atoms with E-state index in [-0.39, 0.29) is 0 Å². The maximum atomic E-state index is 11.0. The van der Waals surface area contributed by atoms with Gasteiger partial charge in [-0.3, -0.25) is 4.68 Å². The predicted molar refractivity (Wildman–Crippen MR) is 81.9 cm³/mol. The minimum absolute atomic E-state index is 0.432. The summed E-state index contributed by atoms with van der Waals surface area (Å²) in [5.41, 5.74) is 0.0469. The molecule has 0 saturated heterocycles. The third kappa shape index (κ3) is 2.91. The first-order valence-corrected chi connectivity index (χ1v) is 7.33. The van der Waals surface area contributed by atoms with Crippen molar-refractivity contribution in [2.24, 2.45) is 0 Å². The number of ether oxygens (including phenoxy) is 1. The van der Waals surface area contributed by atoms with Crippen LogP contribution in [0.3, 0.4) is 0 Å². The number of benzene rings is 1. The molecule has 2 rings (SSSR count).